The fraction of sp³-hybridized carbons (Fsp3) is 0.458. The van der Waals surface area contributed by atoms with E-state index in [0.717, 1.165) is 30.4 Å². The van der Waals surface area contributed by atoms with Crippen molar-refractivity contribution in [1.29, 1.82) is 0 Å². The van der Waals surface area contributed by atoms with E-state index in [1.165, 1.54) is 5.56 Å². The molecule has 2 unspecified atom stereocenters. The second-order valence-electron chi connectivity index (χ2n) is 8.01. The van der Waals surface area contributed by atoms with Crippen LogP contribution in [0.15, 0.2) is 54.6 Å². The van der Waals surface area contributed by atoms with Crippen molar-refractivity contribution in [3.63, 3.8) is 0 Å². The molecule has 1 fully saturated rings. The third kappa shape index (κ3) is 4.41. The lowest BCUT2D eigenvalue weighted by Crippen LogP contribution is -2.45. The Hall–Kier alpha value is -2.13. The molecular formula is C24H30O3. The molecule has 144 valence electrons. The first-order chi connectivity index (χ1) is 13.0. The minimum Gasteiger partial charge on any atom is -0.465 e. The lowest BCUT2D eigenvalue weighted by atomic mass is 9.76. The second-order valence-corrected chi connectivity index (χ2v) is 8.01. The van der Waals surface area contributed by atoms with Crippen LogP contribution in [-0.4, -0.2) is 18.7 Å². The minimum atomic E-state index is -0.711. The molecule has 0 aromatic heterocycles. The lowest BCUT2D eigenvalue weighted by Gasteiger charge is -2.34. The van der Waals surface area contributed by atoms with E-state index in [9.17, 15) is 4.79 Å². The largest absolute Gasteiger partial charge is 0.465 e. The maximum atomic E-state index is 13.3. The first-order valence-corrected chi connectivity index (χ1v) is 9.92. The molecule has 2 aromatic rings. The van der Waals surface area contributed by atoms with Gasteiger partial charge in [-0.3, -0.25) is 4.79 Å². The Morgan fingerprint density at radius 1 is 1.11 bits per heavy atom. The van der Waals surface area contributed by atoms with Gasteiger partial charge in [0, 0.05) is 0 Å². The second kappa shape index (κ2) is 8.71. The van der Waals surface area contributed by atoms with Gasteiger partial charge in [0.15, 0.2) is 0 Å². The lowest BCUT2D eigenvalue weighted by molar-refractivity contribution is -0.158. The summed E-state index contributed by atoms with van der Waals surface area (Å²) in [5.74, 6) is 0.171. The number of hydrogen-bond acceptors (Lipinski definition) is 3. The zero-order chi connectivity index (χ0) is 19.3. The van der Waals surface area contributed by atoms with Crippen LogP contribution in [0.1, 0.15) is 49.8 Å². The molecule has 3 nitrogen and oxygen atoms in total. The molecule has 0 amide bonds. The standard InChI is InChI=1S/C24H30O3/c1-18(2)16-27-23(25)24(21-13-11-19(3)12-14-21)15-7-10-22(24)26-17-20-8-5-4-6-9-20/h4-6,8-9,11-14,18,22H,7,10,15-17H2,1-3H3. The Balaban J connectivity index is 1.87. The van der Waals surface area contributed by atoms with E-state index in [0.29, 0.717) is 19.1 Å². The van der Waals surface area contributed by atoms with Crippen molar-refractivity contribution < 1.29 is 14.3 Å². The van der Waals surface area contributed by atoms with Gasteiger partial charge in [-0.25, -0.2) is 0 Å². The molecule has 0 saturated heterocycles. The Bertz CT molecular complexity index is 736. The first-order valence-electron chi connectivity index (χ1n) is 9.92. The normalized spacial score (nSPS) is 22.1. The Labute approximate surface area is 162 Å². The predicted molar refractivity (Wildman–Crippen MR) is 108 cm³/mol. The van der Waals surface area contributed by atoms with Crippen LogP contribution in [0.2, 0.25) is 0 Å². The summed E-state index contributed by atoms with van der Waals surface area (Å²) < 4.78 is 12.1. The van der Waals surface area contributed by atoms with Gasteiger partial charge in [-0.2, -0.15) is 0 Å². The summed E-state index contributed by atoms with van der Waals surface area (Å²) in [6, 6.07) is 18.4. The van der Waals surface area contributed by atoms with Crippen LogP contribution in [-0.2, 0) is 26.3 Å². The highest BCUT2D eigenvalue weighted by Gasteiger charge is 2.52. The Morgan fingerprint density at radius 3 is 2.48 bits per heavy atom. The molecule has 2 aromatic carbocycles. The van der Waals surface area contributed by atoms with Crippen molar-refractivity contribution in [3.8, 4) is 0 Å². The predicted octanol–water partition coefficient (Wildman–Crippen LogP) is 5.20. The van der Waals surface area contributed by atoms with Gasteiger partial charge in [-0.05, 0) is 43.2 Å². The third-order valence-electron chi connectivity index (χ3n) is 5.36. The molecule has 3 rings (SSSR count). The van der Waals surface area contributed by atoms with E-state index in [1.54, 1.807) is 0 Å². The minimum absolute atomic E-state index is 0.143. The van der Waals surface area contributed by atoms with Gasteiger partial charge in [0.25, 0.3) is 0 Å². The van der Waals surface area contributed by atoms with E-state index in [2.05, 4.69) is 57.2 Å². The number of rotatable bonds is 7. The molecule has 0 radical (unpaired) electrons. The molecule has 0 aliphatic heterocycles. The van der Waals surface area contributed by atoms with E-state index in [1.807, 2.05) is 18.2 Å². The summed E-state index contributed by atoms with van der Waals surface area (Å²) in [5, 5.41) is 0. The summed E-state index contributed by atoms with van der Waals surface area (Å²) in [6.45, 7) is 7.13. The average molecular weight is 367 g/mol. The van der Waals surface area contributed by atoms with Crippen LogP contribution in [0.5, 0.6) is 0 Å². The monoisotopic (exact) mass is 366 g/mol. The number of benzene rings is 2. The van der Waals surface area contributed by atoms with Gasteiger partial charge in [-0.1, -0.05) is 74.0 Å². The summed E-state index contributed by atoms with van der Waals surface area (Å²) in [5.41, 5.74) is 2.61. The van der Waals surface area contributed by atoms with Gasteiger partial charge in [0.2, 0.25) is 0 Å². The van der Waals surface area contributed by atoms with E-state index in [4.69, 9.17) is 9.47 Å². The maximum absolute atomic E-state index is 13.3. The van der Waals surface area contributed by atoms with Crippen molar-refractivity contribution >= 4 is 5.97 Å². The van der Waals surface area contributed by atoms with Gasteiger partial charge in [0.05, 0.1) is 19.3 Å². The first kappa shape index (κ1) is 19.6. The van der Waals surface area contributed by atoms with E-state index < -0.39 is 5.41 Å². The number of carbonyl (C=O) groups excluding carboxylic acids is 1. The Morgan fingerprint density at radius 2 is 1.81 bits per heavy atom. The number of carbonyl (C=O) groups is 1. The van der Waals surface area contributed by atoms with E-state index >= 15 is 0 Å². The molecule has 27 heavy (non-hydrogen) atoms. The van der Waals surface area contributed by atoms with Crippen LogP contribution in [0.3, 0.4) is 0 Å². The van der Waals surface area contributed by atoms with Crippen LogP contribution >= 0.6 is 0 Å². The third-order valence-corrected chi connectivity index (χ3v) is 5.36. The van der Waals surface area contributed by atoms with Gasteiger partial charge in [0.1, 0.15) is 5.41 Å². The SMILES string of the molecule is Cc1ccc(C2(C(=O)OCC(C)C)CCCC2OCc2ccccc2)cc1. The summed E-state index contributed by atoms with van der Waals surface area (Å²) in [4.78, 5) is 13.3. The quantitative estimate of drug-likeness (QED) is 0.632. The smallest absolute Gasteiger partial charge is 0.319 e. The summed E-state index contributed by atoms with van der Waals surface area (Å²) in [6.07, 6.45) is 2.44. The molecule has 0 N–H and O–H groups in total. The molecule has 2 atom stereocenters. The van der Waals surface area contributed by atoms with Crippen LogP contribution in [0, 0.1) is 12.8 Å². The topological polar surface area (TPSA) is 35.5 Å². The molecular weight excluding hydrogens is 336 g/mol. The number of esters is 1. The highest BCUT2D eigenvalue weighted by molar-refractivity contribution is 5.84. The average Bonchev–Trinajstić information content (AvgIpc) is 3.10. The van der Waals surface area contributed by atoms with Gasteiger partial charge < -0.3 is 9.47 Å². The molecule has 1 saturated carbocycles. The molecule has 0 spiro atoms. The summed E-state index contributed by atoms with van der Waals surface area (Å²) >= 11 is 0. The fourth-order valence-corrected chi connectivity index (χ4v) is 3.87. The van der Waals surface area contributed by atoms with Crippen molar-refractivity contribution in [2.75, 3.05) is 6.61 Å². The van der Waals surface area contributed by atoms with Gasteiger partial charge >= 0.3 is 5.97 Å². The molecule has 1 aliphatic carbocycles. The van der Waals surface area contributed by atoms with Crippen molar-refractivity contribution in [3.05, 3.63) is 71.3 Å². The van der Waals surface area contributed by atoms with Gasteiger partial charge in [-0.15, -0.1) is 0 Å². The zero-order valence-electron chi connectivity index (χ0n) is 16.6. The Kier molecular flexibility index (Phi) is 6.33. The molecule has 1 aliphatic rings. The van der Waals surface area contributed by atoms with Crippen LogP contribution < -0.4 is 0 Å². The zero-order valence-corrected chi connectivity index (χ0v) is 16.6. The molecule has 3 heteroatoms. The summed E-state index contributed by atoms with van der Waals surface area (Å²) in [7, 11) is 0. The van der Waals surface area contributed by atoms with Crippen molar-refractivity contribution in [2.45, 2.75) is 58.2 Å². The molecule has 0 bridgehead atoms. The molecule has 0 heterocycles. The maximum Gasteiger partial charge on any atom is 0.319 e. The highest BCUT2D eigenvalue weighted by atomic mass is 16.5. The number of ether oxygens (including phenoxy) is 2. The number of hydrogen-bond donors (Lipinski definition) is 0. The van der Waals surface area contributed by atoms with Crippen molar-refractivity contribution in [1.82, 2.24) is 0 Å². The highest BCUT2D eigenvalue weighted by Crippen LogP contribution is 2.44. The van der Waals surface area contributed by atoms with Crippen molar-refractivity contribution in [2.24, 2.45) is 5.92 Å². The fourth-order valence-electron chi connectivity index (χ4n) is 3.87. The van der Waals surface area contributed by atoms with Crippen LogP contribution in [0.25, 0.3) is 0 Å². The van der Waals surface area contributed by atoms with Crippen LogP contribution in [0.4, 0.5) is 0 Å². The number of aryl methyl sites for hydroxylation is 1. The van der Waals surface area contributed by atoms with E-state index in [-0.39, 0.29) is 12.1 Å².